The van der Waals surface area contributed by atoms with Gasteiger partial charge in [-0.3, -0.25) is 14.3 Å². The lowest BCUT2D eigenvalue weighted by molar-refractivity contribution is -0.0247. The summed E-state index contributed by atoms with van der Waals surface area (Å²) in [5.74, 6) is 0. The average molecular weight is 318 g/mol. The Bertz CT molecular complexity index is 564. The first-order chi connectivity index (χ1) is 10.4. The molecule has 2 rings (SSSR count). The fourth-order valence-corrected chi connectivity index (χ4v) is 1.88. The molecule has 0 spiro atoms. The molecule has 0 radical (unpaired) electrons. The van der Waals surface area contributed by atoms with Gasteiger partial charge in [0, 0.05) is 11.8 Å². The van der Waals surface area contributed by atoms with Crippen LogP contribution < -0.4 is 11.2 Å². The molecule has 1 aliphatic heterocycles. The molecule has 0 bridgehead atoms. The van der Waals surface area contributed by atoms with Crippen molar-refractivity contribution in [3.8, 4) is 0 Å². The lowest BCUT2D eigenvalue weighted by Gasteiger charge is -2.14. The molecule has 9 heteroatoms. The number of H-pyrrole nitrogens is 1. The van der Waals surface area contributed by atoms with Gasteiger partial charge in [-0.25, -0.2) is 4.79 Å². The molecule has 1 aromatic rings. The smallest absolute Gasteiger partial charge is 0.330 e. The molecular formula is C13H22N2O7. The van der Waals surface area contributed by atoms with Gasteiger partial charge in [-0.2, -0.15) is 0 Å². The Morgan fingerprint density at radius 1 is 1.32 bits per heavy atom. The summed E-state index contributed by atoms with van der Waals surface area (Å²) in [6.07, 6.45) is 1.31. The molecule has 0 aromatic carbocycles. The van der Waals surface area contributed by atoms with E-state index in [2.05, 4.69) is 4.98 Å². The van der Waals surface area contributed by atoms with E-state index in [1.807, 2.05) is 0 Å². The van der Waals surface area contributed by atoms with E-state index in [4.69, 9.17) is 25.2 Å². The van der Waals surface area contributed by atoms with Crippen molar-refractivity contribution in [1.29, 1.82) is 0 Å². The van der Waals surface area contributed by atoms with E-state index in [1.165, 1.54) is 10.8 Å². The van der Waals surface area contributed by atoms with Gasteiger partial charge in [0.25, 0.3) is 5.56 Å². The molecule has 0 unspecified atom stereocenters. The van der Waals surface area contributed by atoms with Gasteiger partial charge in [-0.05, 0) is 19.8 Å². The van der Waals surface area contributed by atoms with Crippen molar-refractivity contribution in [2.24, 2.45) is 0 Å². The Morgan fingerprint density at radius 2 is 1.95 bits per heavy atom. The predicted octanol–water partition coefficient (Wildman–Crippen LogP) is -2.15. The maximum absolute atomic E-state index is 11.5. The highest BCUT2D eigenvalue weighted by atomic mass is 16.5. The van der Waals surface area contributed by atoms with Gasteiger partial charge < -0.3 is 25.2 Å². The molecule has 9 nitrogen and oxygen atoms in total. The molecule has 126 valence electrons. The Kier molecular flexibility index (Phi) is 7.42. The summed E-state index contributed by atoms with van der Waals surface area (Å²) >= 11 is 0. The first-order valence-electron chi connectivity index (χ1n) is 6.91. The zero-order valence-corrected chi connectivity index (χ0v) is 12.3. The van der Waals surface area contributed by atoms with Crippen LogP contribution in [0.5, 0.6) is 0 Å². The van der Waals surface area contributed by atoms with Gasteiger partial charge in [0.1, 0.15) is 12.3 Å². The molecule has 1 saturated heterocycles. The zero-order valence-electron chi connectivity index (χ0n) is 12.3. The van der Waals surface area contributed by atoms with Crippen LogP contribution >= 0.6 is 0 Å². The van der Waals surface area contributed by atoms with Gasteiger partial charge in [0.05, 0.1) is 25.9 Å². The Labute approximate surface area is 126 Å². The summed E-state index contributed by atoms with van der Waals surface area (Å²) in [5, 5.41) is 32.9. The van der Waals surface area contributed by atoms with E-state index in [9.17, 15) is 9.59 Å². The number of rotatable bonds is 4. The maximum atomic E-state index is 11.5. The summed E-state index contributed by atoms with van der Waals surface area (Å²) in [4.78, 5) is 24.9. The number of nitrogens with one attached hydrogen (secondary N) is 1. The van der Waals surface area contributed by atoms with Crippen LogP contribution in [0.2, 0.25) is 0 Å². The summed E-state index contributed by atoms with van der Waals surface area (Å²) in [6.45, 7) is 0.855. The third-order valence-corrected chi connectivity index (χ3v) is 3.17. The summed E-state index contributed by atoms with van der Waals surface area (Å²) in [5.41, 5.74) is -0.382. The second-order valence-electron chi connectivity index (χ2n) is 4.97. The molecule has 1 aliphatic rings. The monoisotopic (exact) mass is 318 g/mol. The van der Waals surface area contributed by atoms with E-state index in [0.717, 1.165) is 0 Å². The largest absolute Gasteiger partial charge is 0.394 e. The van der Waals surface area contributed by atoms with Crippen LogP contribution in [-0.2, 0) is 4.74 Å². The molecule has 0 aliphatic carbocycles. The van der Waals surface area contributed by atoms with Crippen molar-refractivity contribution >= 4 is 0 Å². The van der Waals surface area contributed by atoms with E-state index >= 15 is 0 Å². The lowest BCUT2D eigenvalue weighted by atomic mass is 10.2. The van der Waals surface area contributed by atoms with E-state index < -0.39 is 11.8 Å². The van der Waals surface area contributed by atoms with E-state index in [1.54, 1.807) is 6.92 Å². The molecule has 1 fully saturated rings. The summed E-state index contributed by atoms with van der Waals surface area (Å²) < 4.78 is 6.83. The number of nitrogens with zero attached hydrogens (tertiary/aromatic N) is 1. The first-order valence-corrected chi connectivity index (χ1v) is 6.91. The van der Waals surface area contributed by atoms with Gasteiger partial charge >= 0.3 is 5.69 Å². The minimum Gasteiger partial charge on any atom is -0.394 e. The fourth-order valence-electron chi connectivity index (χ4n) is 1.88. The topological polar surface area (TPSA) is 145 Å². The third kappa shape index (κ3) is 5.04. The summed E-state index contributed by atoms with van der Waals surface area (Å²) in [7, 11) is 0. The van der Waals surface area contributed by atoms with Gasteiger partial charge in [0.15, 0.2) is 0 Å². The van der Waals surface area contributed by atoms with E-state index in [-0.39, 0.29) is 37.7 Å². The highest BCUT2D eigenvalue weighted by Gasteiger charge is 2.26. The third-order valence-electron chi connectivity index (χ3n) is 3.17. The highest BCUT2D eigenvalue weighted by Crippen LogP contribution is 2.26. The maximum Gasteiger partial charge on any atom is 0.330 e. The average Bonchev–Trinajstić information content (AvgIpc) is 2.99. The van der Waals surface area contributed by atoms with Crippen molar-refractivity contribution in [3.63, 3.8) is 0 Å². The minimum absolute atomic E-state index is 0.0480. The van der Waals surface area contributed by atoms with Gasteiger partial charge in [-0.15, -0.1) is 0 Å². The van der Waals surface area contributed by atoms with Crippen LogP contribution in [0.25, 0.3) is 0 Å². The number of aliphatic hydroxyl groups excluding tert-OH is 4. The molecule has 0 amide bonds. The number of aromatic nitrogens is 2. The van der Waals surface area contributed by atoms with Crippen LogP contribution in [0.15, 0.2) is 15.8 Å². The van der Waals surface area contributed by atoms with Gasteiger partial charge in [-0.1, -0.05) is 0 Å². The minimum atomic E-state index is -0.954. The fraction of sp³-hybridized carbons (Fsp3) is 0.692. The second-order valence-corrected chi connectivity index (χ2v) is 4.97. The Morgan fingerprint density at radius 3 is 2.41 bits per heavy atom. The summed E-state index contributed by atoms with van der Waals surface area (Å²) in [6, 6.07) is 0. The molecular weight excluding hydrogens is 296 g/mol. The first kappa shape index (κ1) is 18.5. The number of ether oxygens (including phenoxy) is 1. The van der Waals surface area contributed by atoms with Crippen molar-refractivity contribution in [2.45, 2.75) is 38.2 Å². The van der Waals surface area contributed by atoms with Crippen molar-refractivity contribution in [3.05, 3.63) is 32.6 Å². The predicted molar refractivity (Wildman–Crippen MR) is 76.5 cm³/mol. The molecule has 1 aromatic heterocycles. The number of aryl methyl sites for hydroxylation is 1. The van der Waals surface area contributed by atoms with Crippen LogP contribution in [0.3, 0.4) is 0 Å². The number of hydrogen-bond acceptors (Lipinski definition) is 7. The van der Waals surface area contributed by atoms with Crippen LogP contribution in [0.1, 0.15) is 24.6 Å². The molecule has 2 heterocycles. The van der Waals surface area contributed by atoms with Crippen LogP contribution in [0, 0.1) is 6.92 Å². The van der Waals surface area contributed by atoms with Crippen molar-refractivity contribution in [1.82, 2.24) is 9.55 Å². The Balaban J connectivity index is 0.000000346. The molecule has 2 atom stereocenters. The van der Waals surface area contributed by atoms with Crippen molar-refractivity contribution < 1.29 is 25.2 Å². The molecule has 0 saturated carbocycles. The van der Waals surface area contributed by atoms with Gasteiger partial charge in [0.2, 0.25) is 0 Å². The lowest BCUT2D eigenvalue weighted by Crippen LogP contribution is -2.33. The normalized spacial score (nSPS) is 20.8. The number of hydrogen-bond donors (Lipinski definition) is 5. The Hall–Kier alpha value is -1.52. The van der Waals surface area contributed by atoms with Crippen LogP contribution in [-0.4, -0.2) is 62.0 Å². The second kappa shape index (κ2) is 8.81. The number of aromatic amines is 1. The number of aliphatic hydroxyl groups is 4. The van der Waals surface area contributed by atoms with Crippen molar-refractivity contribution in [2.75, 3.05) is 19.8 Å². The van der Waals surface area contributed by atoms with E-state index in [0.29, 0.717) is 18.4 Å². The zero-order chi connectivity index (χ0) is 16.7. The van der Waals surface area contributed by atoms with Crippen LogP contribution in [0.4, 0.5) is 0 Å². The molecule has 22 heavy (non-hydrogen) atoms. The standard InChI is InChI=1S/C10H14N2O4.C3H8O3/c1-6-4-12(10(15)11-9(6)14)8-3-2-7(5-13)16-8;4-1-3(6)2-5/h4,7-8,13H,2-3,5H2,1H3,(H,11,14,15);3-6H,1-2H2/t7-,8+;/m0./s1. The highest BCUT2D eigenvalue weighted by molar-refractivity contribution is 5.01. The SMILES string of the molecule is Cc1cn([C@H]2CC[C@@H](CO)O2)c(=O)[nH]c1=O.OCC(O)CO. The molecule has 5 N–H and O–H groups in total. The quantitative estimate of drug-likeness (QED) is 0.425.